The summed E-state index contributed by atoms with van der Waals surface area (Å²) in [4.78, 5) is -0.00725. The SMILES string of the molecule is COc1cccc(CN2c3ccccc3C3=C([C@@H](c4ccc(Br)cc4)C(C#N)=C(N)O3)S2(=O)=O)c1. The van der Waals surface area contributed by atoms with Gasteiger partial charge >= 0.3 is 0 Å². The third-order valence-electron chi connectivity index (χ3n) is 6.02. The highest BCUT2D eigenvalue weighted by Gasteiger charge is 2.47. The van der Waals surface area contributed by atoms with E-state index in [1.165, 1.54) is 4.31 Å². The molecule has 0 fully saturated rings. The van der Waals surface area contributed by atoms with Gasteiger partial charge in [0.2, 0.25) is 5.88 Å². The van der Waals surface area contributed by atoms with Gasteiger partial charge in [-0.15, -0.1) is 0 Å². The molecule has 7 nitrogen and oxygen atoms in total. The molecule has 2 heterocycles. The van der Waals surface area contributed by atoms with E-state index in [2.05, 4.69) is 22.0 Å². The lowest BCUT2D eigenvalue weighted by atomic mass is 9.88. The number of methoxy groups -OCH3 is 1. The minimum absolute atomic E-state index is 0.00725. The second kappa shape index (κ2) is 8.80. The number of anilines is 1. The molecule has 0 aromatic heterocycles. The Morgan fingerprint density at radius 1 is 1.11 bits per heavy atom. The first-order chi connectivity index (χ1) is 16.8. The van der Waals surface area contributed by atoms with Crippen molar-refractivity contribution in [3.05, 3.63) is 110 Å². The Kier molecular flexibility index (Phi) is 5.79. The molecule has 0 amide bonds. The van der Waals surface area contributed by atoms with Gasteiger partial charge in [0.1, 0.15) is 22.3 Å². The van der Waals surface area contributed by atoms with Gasteiger partial charge in [0.25, 0.3) is 10.0 Å². The molecule has 0 aliphatic carbocycles. The first-order valence-corrected chi connectivity index (χ1v) is 12.9. The Labute approximate surface area is 211 Å². The number of fused-ring (bicyclic) bond motifs is 2. The van der Waals surface area contributed by atoms with E-state index in [0.29, 0.717) is 22.6 Å². The summed E-state index contributed by atoms with van der Waals surface area (Å²) in [6.45, 7) is 0.0709. The third-order valence-corrected chi connectivity index (χ3v) is 8.43. The summed E-state index contributed by atoms with van der Waals surface area (Å²) in [7, 11) is -2.57. The van der Waals surface area contributed by atoms with Crippen molar-refractivity contribution in [1.29, 1.82) is 5.26 Å². The van der Waals surface area contributed by atoms with E-state index in [4.69, 9.17) is 15.2 Å². The van der Waals surface area contributed by atoms with E-state index in [9.17, 15) is 13.7 Å². The fourth-order valence-electron chi connectivity index (χ4n) is 4.40. The maximum absolute atomic E-state index is 14.3. The van der Waals surface area contributed by atoms with Gasteiger partial charge in [0.15, 0.2) is 5.76 Å². The van der Waals surface area contributed by atoms with Gasteiger partial charge in [-0.3, -0.25) is 4.31 Å². The maximum atomic E-state index is 14.3. The number of nitrogens with zero attached hydrogens (tertiary/aromatic N) is 2. The molecule has 0 unspecified atom stereocenters. The molecular weight excluding hydrogens is 530 g/mol. The molecule has 176 valence electrons. The Hall–Kier alpha value is -3.74. The second-order valence-electron chi connectivity index (χ2n) is 8.05. The van der Waals surface area contributed by atoms with Crippen molar-refractivity contribution in [3.8, 4) is 11.8 Å². The van der Waals surface area contributed by atoms with Crippen LogP contribution in [0, 0.1) is 11.3 Å². The van der Waals surface area contributed by atoms with Crippen LogP contribution in [-0.4, -0.2) is 15.5 Å². The smallest absolute Gasteiger partial charge is 0.265 e. The van der Waals surface area contributed by atoms with Crippen molar-refractivity contribution in [3.63, 3.8) is 0 Å². The molecule has 2 aliphatic heterocycles. The molecule has 0 saturated carbocycles. The summed E-state index contributed by atoms with van der Waals surface area (Å²) >= 11 is 3.41. The van der Waals surface area contributed by atoms with E-state index in [1.54, 1.807) is 61.7 Å². The molecule has 5 rings (SSSR count). The van der Waals surface area contributed by atoms with Crippen LogP contribution in [0.5, 0.6) is 5.75 Å². The third kappa shape index (κ3) is 3.85. The number of nitrogens with two attached hydrogens (primary N) is 1. The Balaban J connectivity index is 1.74. The van der Waals surface area contributed by atoms with Gasteiger partial charge in [-0.1, -0.05) is 52.3 Å². The van der Waals surface area contributed by atoms with Crippen molar-refractivity contribution in [2.45, 2.75) is 12.5 Å². The van der Waals surface area contributed by atoms with Gasteiger partial charge in [-0.2, -0.15) is 5.26 Å². The molecule has 9 heteroatoms. The summed E-state index contributed by atoms with van der Waals surface area (Å²) in [5.74, 6) is -0.248. The van der Waals surface area contributed by atoms with E-state index < -0.39 is 15.9 Å². The predicted octanol–water partition coefficient (Wildman–Crippen LogP) is 4.98. The van der Waals surface area contributed by atoms with Crippen LogP contribution in [0.4, 0.5) is 5.69 Å². The first kappa shape index (κ1) is 23.0. The number of hydrogen-bond donors (Lipinski definition) is 1. The van der Waals surface area contributed by atoms with Crippen LogP contribution in [0.3, 0.4) is 0 Å². The average Bonchev–Trinajstić information content (AvgIpc) is 2.86. The summed E-state index contributed by atoms with van der Waals surface area (Å²) in [5.41, 5.74) is 8.63. The number of ether oxygens (including phenoxy) is 2. The van der Waals surface area contributed by atoms with Crippen LogP contribution in [0.2, 0.25) is 0 Å². The quantitative estimate of drug-likeness (QED) is 0.491. The lowest BCUT2D eigenvalue weighted by Gasteiger charge is -2.38. The van der Waals surface area contributed by atoms with Crippen LogP contribution in [-0.2, 0) is 21.3 Å². The number of sulfonamides is 1. The maximum Gasteiger partial charge on any atom is 0.265 e. The van der Waals surface area contributed by atoms with Crippen LogP contribution in [0.25, 0.3) is 5.76 Å². The number of benzene rings is 3. The number of halogens is 1. The van der Waals surface area contributed by atoms with Gasteiger partial charge in [-0.05, 0) is 47.5 Å². The first-order valence-electron chi connectivity index (χ1n) is 10.7. The lowest BCUT2D eigenvalue weighted by molar-refractivity contribution is 0.357. The summed E-state index contributed by atoms with van der Waals surface area (Å²) in [6.07, 6.45) is 0. The monoisotopic (exact) mass is 549 g/mol. The zero-order valence-electron chi connectivity index (χ0n) is 18.6. The van der Waals surface area contributed by atoms with Crippen molar-refractivity contribution in [1.82, 2.24) is 0 Å². The van der Waals surface area contributed by atoms with Crippen LogP contribution >= 0.6 is 15.9 Å². The normalized spacial score (nSPS) is 18.3. The van der Waals surface area contributed by atoms with E-state index in [1.807, 2.05) is 18.2 Å². The topological polar surface area (TPSA) is 106 Å². The summed E-state index contributed by atoms with van der Waals surface area (Å²) in [6, 6.07) is 23.6. The van der Waals surface area contributed by atoms with Gasteiger partial charge in [0.05, 0.1) is 25.3 Å². The van der Waals surface area contributed by atoms with E-state index in [0.717, 1.165) is 10.0 Å². The minimum Gasteiger partial charge on any atom is -0.497 e. The van der Waals surface area contributed by atoms with Crippen molar-refractivity contribution >= 4 is 37.4 Å². The molecule has 0 saturated heterocycles. The highest BCUT2D eigenvalue weighted by Crippen LogP contribution is 2.51. The average molecular weight is 550 g/mol. The standard InChI is InChI=1S/C26H20BrN3O4S/c1-33-19-6-4-5-16(13-19)15-30-22-8-3-2-7-20(22)24-25(35(30,31)32)23(21(14-28)26(29)34-24)17-9-11-18(27)12-10-17/h2-13,23H,15,29H2,1H3/t23-/m0/s1. The van der Waals surface area contributed by atoms with Gasteiger partial charge < -0.3 is 15.2 Å². The Morgan fingerprint density at radius 3 is 2.57 bits per heavy atom. The molecular formula is C26H20BrN3O4S. The number of hydrogen-bond acceptors (Lipinski definition) is 6. The molecule has 3 aromatic carbocycles. The largest absolute Gasteiger partial charge is 0.497 e. The van der Waals surface area contributed by atoms with E-state index >= 15 is 0 Å². The fraction of sp³-hybridized carbons (Fsp3) is 0.115. The summed E-state index contributed by atoms with van der Waals surface area (Å²) in [5, 5.41) is 9.94. The fourth-order valence-corrected chi connectivity index (χ4v) is 6.58. The molecule has 35 heavy (non-hydrogen) atoms. The molecule has 1 atom stereocenters. The van der Waals surface area contributed by atoms with Gasteiger partial charge in [0, 0.05) is 10.0 Å². The molecule has 0 radical (unpaired) electrons. The second-order valence-corrected chi connectivity index (χ2v) is 10.8. The minimum atomic E-state index is -4.13. The van der Waals surface area contributed by atoms with Crippen molar-refractivity contribution in [2.75, 3.05) is 11.4 Å². The molecule has 0 spiro atoms. The zero-order valence-corrected chi connectivity index (χ0v) is 21.0. The molecule has 2 N–H and O–H groups in total. The van der Waals surface area contributed by atoms with Crippen molar-refractivity contribution < 1.29 is 17.9 Å². The molecule has 0 bridgehead atoms. The van der Waals surface area contributed by atoms with Crippen molar-refractivity contribution in [2.24, 2.45) is 5.73 Å². The molecule has 2 aliphatic rings. The van der Waals surface area contributed by atoms with E-state index in [-0.39, 0.29) is 28.7 Å². The highest BCUT2D eigenvalue weighted by atomic mass is 79.9. The zero-order chi connectivity index (χ0) is 24.7. The molecule has 3 aromatic rings. The number of para-hydroxylation sites is 1. The summed E-state index contributed by atoms with van der Waals surface area (Å²) < 4.78 is 41.9. The van der Waals surface area contributed by atoms with Crippen LogP contribution < -0.4 is 14.8 Å². The predicted molar refractivity (Wildman–Crippen MR) is 136 cm³/mol. The number of rotatable bonds is 4. The van der Waals surface area contributed by atoms with Gasteiger partial charge in [-0.25, -0.2) is 8.42 Å². The number of nitriles is 1. The Morgan fingerprint density at radius 2 is 1.86 bits per heavy atom. The number of allylic oxidation sites excluding steroid dienone is 2. The van der Waals surface area contributed by atoms with Crippen LogP contribution in [0.15, 0.2) is 93.6 Å². The Bertz CT molecular complexity index is 1540. The van der Waals surface area contributed by atoms with Crippen LogP contribution in [0.1, 0.15) is 22.6 Å². The lowest BCUT2D eigenvalue weighted by Crippen LogP contribution is -2.39. The highest BCUT2D eigenvalue weighted by molar-refractivity contribution is 9.10.